The average Bonchev–Trinajstić information content (AvgIpc) is 2.94. The minimum Gasteiger partial charge on any atom is -0.497 e. The van der Waals surface area contributed by atoms with Gasteiger partial charge in [-0.05, 0) is 97.1 Å². The van der Waals surface area contributed by atoms with E-state index in [-0.39, 0.29) is 21.2 Å². The fraction of sp³-hybridized carbons (Fsp3) is 0.0741. The molecule has 13 heteroatoms. The Morgan fingerprint density at radius 1 is 0.725 bits per heavy atom. The van der Waals surface area contributed by atoms with Crippen molar-refractivity contribution in [1.29, 1.82) is 0 Å². The molecule has 0 aliphatic carbocycles. The summed E-state index contributed by atoms with van der Waals surface area (Å²) in [6, 6.07) is 23.4. The molecule has 2 N–H and O–H groups in total. The van der Waals surface area contributed by atoms with Gasteiger partial charge < -0.3 is 10.1 Å². The summed E-state index contributed by atoms with van der Waals surface area (Å²) < 4.78 is 61.0. The molecule has 0 saturated carbocycles. The first-order valence-electron chi connectivity index (χ1n) is 11.6. The molecule has 208 valence electrons. The van der Waals surface area contributed by atoms with E-state index in [0.29, 0.717) is 21.5 Å². The monoisotopic (exact) mass is 619 g/mol. The Hall–Kier alpha value is -3.77. The number of nitrogens with one attached hydrogen (secondary N) is 2. The third kappa shape index (κ3) is 7.05. The lowest BCUT2D eigenvalue weighted by molar-refractivity contribution is -0.114. The molecule has 0 fully saturated rings. The molecule has 4 aromatic carbocycles. The zero-order chi connectivity index (χ0) is 28.9. The third-order valence-electron chi connectivity index (χ3n) is 5.59. The molecule has 4 rings (SSSR count). The minimum absolute atomic E-state index is 0.0367. The Bertz CT molecular complexity index is 1700. The highest BCUT2D eigenvalue weighted by Crippen LogP contribution is 2.27. The van der Waals surface area contributed by atoms with E-state index in [2.05, 4.69) is 10.0 Å². The van der Waals surface area contributed by atoms with Crippen LogP contribution in [0.15, 0.2) is 107 Å². The Morgan fingerprint density at radius 2 is 1.23 bits per heavy atom. The molecule has 9 nitrogen and oxygen atoms in total. The van der Waals surface area contributed by atoms with Gasteiger partial charge in [0.1, 0.15) is 12.3 Å². The molecule has 0 radical (unpaired) electrons. The maximum Gasteiger partial charge on any atom is 0.264 e. The van der Waals surface area contributed by atoms with Crippen molar-refractivity contribution in [2.24, 2.45) is 0 Å². The molecule has 0 heterocycles. The van der Waals surface area contributed by atoms with Gasteiger partial charge in [-0.15, -0.1) is 0 Å². The number of halogens is 2. The summed E-state index contributed by atoms with van der Waals surface area (Å²) in [6.45, 7) is -0.561. The van der Waals surface area contributed by atoms with Crippen molar-refractivity contribution in [2.75, 3.05) is 28.0 Å². The number of anilines is 3. The molecule has 0 bridgehead atoms. The van der Waals surface area contributed by atoms with Gasteiger partial charge >= 0.3 is 0 Å². The van der Waals surface area contributed by atoms with Gasteiger partial charge in [0.15, 0.2) is 0 Å². The van der Waals surface area contributed by atoms with Crippen molar-refractivity contribution < 1.29 is 26.4 Å². The van der Waals surface area contributed by atoms with Crippen LogP contribution in [0.3, 0.4) is 0 Å². The van der Waals surface area contributed by atoms with Crippen LogP contribution < -0.4 is 19.1 Å². The van der Waals surface area contributed by atoms with Gasteiger partial charge in [-0.25, -0.2) is 16.8 Å². The highest BCUT2D eigenvalue weighted by Gasteiger charge is 2.27. The van der Waals surface area contributed by atoms with Gasteiger partial charge in [0.25, 0.3) is 20.0 Å². The van der Waals surface area contributed by atoms with Crippen LogP contribution in [0.1, 0.15) is 0 Å². The first-order chi connectivity index (χ1) is 19.0. The van der Waals surface area contributed by atoms with Gasteiger partial charge in [0, 0.05) is 21.4 Å². The average molecular weight is 621 g/mol. The number of ether oxygens (including phenoxy) is 1. The van der Waals surface area contributed by atoms with Crippen molar-refractivity contribution in [3.8, 4) is 5.75 Å². The number of methoxy groups -OCH3 is 1. The van der Waals surface area contributed by atoms with Crippen molar-refractivity contribution >= 4 is 66.2 Å². The van der Waals surface area contributed by atoms with E-state index in [0.717, 1.165) is 4.31 Å². The first kappa shape index (κ1) is 29.2. The number of carbonyl (C=O) groups excluding carboxylic acids is 1. The van der Waals surface area contributed by atoms with E-state index >= 15 is 0 Å². The maximum atomic E-state index is 13.5. The molecule has 0 spiro atoms. The molecular formula is C27H23Cl2N3O6S2. The zero-order valence-electron chi connectivity index (χ0n) is 20.9. The van der Waals surface area contributed by atoms with Crippen LogP contribution >= 0.6 is 23.2 Å². The standard InChI is InChI=1S/C27H23Cl2N3O6S2/c1-38-24-12-16-26(17-13-24)40(36,37)32(23-10-4-20(29)5-11-23)18-27(33)30-21-8-14-25(15-9-21)39(34,35)31-22-6-2-19(28)3-7-22/h2-17,31H,18H2,1H3,(H,30,33). The summed E-state index contributed by atoms with van der Waals surface area (Å²) in [5.74, 6) is -0.175. The fourth-order valence-electron chi connectivity index (χ4n) is 3.58. The van der Waals surface area contributed by atoms with Crippen LogP contribution in [0.4, 0.5) is 17.1 Å². The van der Waals surface area contributed by atoms with E-state index in [1.165, 1.54) is 92.0 Å². The summed E-state index contributed by atoms with van der Waals surface area (Å²) in [4.78, 5) is 12.9. The Morgan fingerprint density at radius 3 is 1.77 bits per heavy atom. The van der Waals surface area contributed by atoms with E-state index in [4.69, 9.17) is 27.9 Å². The van der Waals surface area contributed by atoms with Crippen LogP contribution in [0.5, 0.6) is 5.75 Å². The number of rotatable bonds is 10. The number of hydrogen-bond donors (Lipinski definition) is 2. The summed E-state index contributed by atoms with van der Waals surface area (Å²) in [7, 11) is -6.59. The van der Waals surface area contributed by atoms with Crippen molar-refractivity contribution in [3.05, 3.63) is 107 Å². The highest BCUT2D eigenvalue weighted by molar-refractivity contribution is 7.93. The van der Waals surface area contributed by atoms with Crippen molar-refractivity contribution in [1.82, 2.24) is 0 Å². The largest absolute Gasteiger partial charge is 0.497 e. The summed E-state index contributed by atoms with van der Waals surface area (Å²) in [5.41, 5.74) is 0.834. The van der Waals surface area contributed by atoms with Gasteiger partial charge in [0.2, 0.25) is 5.91 Å². The quantitative estimate of drug-likeness (QED) is 0.237. The minimum atomic E-state index is -4.16. The van der Waals surface area contributed by atoms with Crippen molar-refractivity contribution in [2.45, 2.75) is 9.79 Å². The Balaban J connectivity index is 1.52. The number of hydrogen-bond acceptors (Lipinski definition) is 6. The van der Waals surface area contributed by atoms with Gasteiger partial charge in [-0.2, -0.15) is 0 Å². The fourth-order valence-corrected chi connectivity index (χ4v) is 6.31. The zero-order valence-corrected chi connectivity index (χ0v) is 24.1. The van der Waals surface area contributed by atoms with E-state index in [1.807, 2.05) is 0 Å². The Kier molecular flexibility index (Phi) is 8.89. The van der Waals surface area contributed by atoms with E-state index < -0.39 is 32.5 Å². The molecule has 0 aliphatic rings. The topological polar surface area (TPSA) is 122 Å². The molecule has 0 atom stereocenters. The van der Waals surface area contributed by atoms with Crippen LogP contribution in [0.2, 0.25) is 10.0 Å². The molecule has 40 heavy (non-hydrogen) atoms. The lowest BCUT2D eigenvalue weighted by atomic mass is 10.3. The molecule has 0 aromatic heterocycles. The molecule has 0 aliphatic heterocycles. The summed E-state index contributed by atoms with van der Waals surface area (Å²) in [6.07, 6.45) is 0. The lowest BCUT2D eigenvalue weighted by Gasteiger charge is -2.24. The van der Waals surface area contributed by atoms with Crippen LogP contribution in [-0.4, -0.2) is 36.4 Å². The third-order valence-corrected chi connectivity index (χ3v) is 9.28. The second kappa shape index (κ2) is 12.2. The number of nitrogens with zero attached hydrogens (tertiary/aromatic N) is 1. The second-order valence-corrected chi connectivity index (χ2v) is 12.8. The smallest absolute Gasteiger partial charge is 0.264 e. The SMILES string of the molecule is COc1ccc(S(=O)(=O)N(CC(=O)Nc2ccc(S(=O)(=O)Nc3ccc(Cl)cc3)cc2)c2ccc(Cl)cc2)cc1. The number of carbonyl (C=O) groups is 1. The van der Waals surface area contributed by atoms with E-state index in [9.17, 15) is 21.6 Å². The first-order valence-corrected chi connectivity index (χ1v) is 15.3. The molecular weight excluding hydrogens is 597 g/mol. The number of sulfonamides is 2. The number of benzene rings is 4. The predicted molar refractivity (Wildman–Crippen MR) is 156 cm³/mol. The molecule has 0 unspecified atom stereocenters. The lowest BCUT2D eigenvalue weighted by Crippen LogP contribution is -2.38. The van der Waals surface area contributed by atoms with Crippen LogP contribution in [0, 0.1) is 0 Å². The van der Waals surface area contributed by atoms with Gasteiger partial charge in [-0.1, -0.05) is 23.2 Å². The van der Waals surface area contributed by atoms with Crippen molar-refractivity contribution in [3.63, 3.8) is 0 Å². The normalized spacial score (nSPS) is 11.5. The maximum absolute atomic E-state index is 13.5. The van der Waals surface area contributed by atoms with Crippen LogP contribution in [0.25, 0.3) is 0 Å². The van der Waals surface area contributed by atoms with Gasteiger partial charge in [-0.3, -0.25) is 13.8 Å². The molecule has 1 amide bonds. The highest BCUT2D eigenvalue weighted by atomic mass is 35.5. The van der Waals surface area contributed by atoms with E-state index in [1.54, 1.807) is 12.1 Å². The Labute approximate surface area is 242 Å². The molecule has 4 aromatic rings. The second-order valence-electron chi connectivity index (χ2n) is 8.35. The van der Waals surface area contributed by atoms with Crippen LogP contribution in [-0.2, 0) is 24.8 Å². The van der Waals surface area contributed by atoms with Gasteiger partial charge in [0.05, 0.1) is 22.6 Å². The summed E-state index contributed by atoms with van der Waals surface area (Å²) >= 11 is 11.8. The number of amides is 1. The summed E-state index contributed by atoms with van der Waals surface area (Å²) in [5, 5.41) is 3.47. The predicted octanol–water partition coefficient (Wildman–Crippen LogP) is 5.64. The molecule has 0 saturated heterocycles.